The molecule has 98 valence electrons. The molecule has 1 aliphatic heterocycles. The molecule has 5 nitrogen and oxygen atoms in total. The van der Waals surface area contributed by atoms with Gasteiger partial charge in [-0.05, 0) is 24.6 Å². The predicted octanol–water partition coefficient (Wildman–Crippen LogP) is 1.90. The van der Waals surface area contributed by atoms with Crippen LogP contribution in [0.15, 0.2) is 27.4 Å². The summed E-state index contributed by atoms with van der Waals surface area (Å²) in [6.45, 7) is 2.53. The highest BCUT2D eigenvalue weighted by Crippen LogP contribution is 2.30. The SMILES string of the molecule is CCOC(=O)c1cc2cc3c(cc2oc1=O)OCC3. The van der Waals surface area contributed by atoms with Gasteiger partial charge in [0.2, 0.25) is 0 Å². The van der Waals surface area contributed by atoms with Crippen LogP contribution in [0.25, 0.3) is 11.0 Å². The van der Waals surface area contributed by atoms with Crippen molar-refractivity contribution in [2.45, 2.75) is 13.3 Å². The van der Waals surface area contributed by atoms with E-state index in [4.69, 9.17) is 13.9 Å². The van der Waals surface area contributed by atoms with Gasteiger partial charge in [0.05, 0.1) is 13.2 Å². The zero-order valence-corrected chi connectivity index (χ0v) is 10.4. The third-order valence-electron chi connectivity index (χ3n) is 3.04. The fourth-order valence-corrected chi connectivity index (χ4v) is 2.15. The standard InChI is InChI=1S/C14H12O5/c1-2-17-13(15)10-6-9-5-8-3-4-18-11(8)7-12(9)19-14(10)16/h5-7H,2-4H2,1H3. The Labute approximate surface area is 108 Å². The molecule has 1 aliphatic rings. The Morgan fingerprint density at radius 2 is 2.21 bits per heavy atom. The van der Waals surface area contributed by atoms with Gasteiger partial charge in [-0.3, -0.25) is 0 Å². The molecule has 0 saturated carbocycles. The minimum atomic E-state index is -0.691. The first kappa shape index (κ1) is 11.8. The average molecular weight is 260 g/mol. The van der Waals surface area contributed by atoms with Crippen LogP contribution in [0.1, 0.15) is 22.8 Å². The summed E-state index contributed by atoms with van der Waals surface area (Å²) in [5.41, 5.74) is 0.701. The molecule has 0 saturated heterocycles. The van der Waals surface area contributed by atoms with Gasteiger partial charge in [-0.2, -0.15) is 0 Å². The topological polar surface area (TPSA) is 65.7 Å². The van der Waals surface area contributed by atoms with Gasteiger partial charge in [0.25, 0.3) is 0 Å². The fraction of sp³-hybridized carbons (Fsp3) is 0.286. The summed E-state index contributed by atoms with van der Waals surface area (Å²) in [6.07, 6.45) is 0.819. The predicted molar refractivity (Wildman–Crippen MR) is 67.6 cm³/mol. The zero-order valence-electron chi connectivity index (χ0n) is 10.4. The van der Waals surface area contributed by atoms with Gasteiger partial charge < -0.3 is 13.9 Å². The second-order valence-electron chi connectivity index (χ2n) is 4.26. The van der Waals surface area contributed by atoms with Crippen LogP contribution in [0.4, 0.5) is 0 Å². The quantitative estimate of drug-likeness (QED) is 0.609. The monoisotopic (exact) mass is 260 g/mol. The van der Waals surface area contributed by atoms with Crippen molar-refractivity contribution in [1.82, 2.24) is 0 Å². The van der Waals surface area contributed by atoms with Crippen LogP contribution < -0.4 is 10.4 Å². The Morgan fingerprint density at radius 3 is 3.00 bits per heavy atom. The van der Waals surface area contributed by atoms with Gasteiger partial charge in [0, 0.05) is 17.9 Å². The van der Waals surface area contributed by atoms with Gasteiger partial charge in [-0.25, -0.2) is 9.59 Å². The van der Waals surface area contributed by atoms with E-state index in [1.165, 1.54) is 6.07 Å². The summed E-state index contributed by atoms with van der Waals surface area (Å²) in [5.74, 6) is 0.0782. The molecule has 0 amide bonds. The summed E-state index contributed by atoms with van der Waals surface area (Å²) in [5, 5.41) is 0.701. The molecule has 0 atom stereocenters. The van der Waals surface area contributed by atoms with Crippen LogP contribution in [0.5, 0.6) is 5.75 Å². The van der Waals surface area contributed by atoms with E-state index >= 15 is 0 Å². The first-order chi connectivity index (χ1) is 9.19. The molecule has 0 fully saturated rings. The number of rotatable bonds is 2. The van der Waals surface area contributed by atoms with Gasteiger partial charge in [0.15, 0.2) is 0 Å². The maximum atomic E-state index is 11.7. The van der Waals surface area contributed by atoms with Crippen molar-refractivity contribution in [3.63, 3.8) is 0 Å². The van der Waals surface area contributed by atoms with Crippen molar-refractivity contribution in [3.8, 4) is 5.75 Å². The number of ether oxygens (including phenoxy) is 2. The van der Waals surface area contributed by atoms with E-state index in [9.17, 15) is 9.59 Å². The zero-order chi connectivity index (χ0) is 13.4. The maximum absolute atomic E-state index is 11.7. The largest absolute Gasteiger partial charge is 0.493 e. The van der Waals surface area contributed by atoms with Gasteiger partial charge in [-0.1, -0.05) is 0 Å². The lowest BCUT2D eigenvalue weighted by molar-refractivity contribution is 0.0522. The summed E-state index contributed by atoms with van der Waals surface area (Å²) in [6, 6.07) is 5.08. The van der Waals surface area contributed by atoms with Crippen molar-refractivity contribution < 1.29 is 18.7 Å². The summed E-state index contributed by atoms with van der Waals surface area (Å²) < 4.78 is 15.4. The third-order valence-corrected chi connectivity index (χ3v) is 3.04. The Morgan fingerprint density at radius 1 is 1.37 bits per heavy atom. The fourth-order valence-electron chi connectivity index (χ4n) is 2.15. The van der Waals surface area contributed by atoms with E-state index in [1.807, 2.05) is 6.07 Å². The molecule has 1 aromatic carbocycles. The number of carbonyl (C=O) groups is 1. The van der Waals surface area contributed by atoms with E-state index in [2.05, 4.69) is 0 Å². The molecule has 19 heavy (non-hydrogen) atoms. The summed E-state index contributed by atoms with van der Waals surface area (Å²) >= 11 is 0. The van der Waals surface area contributed by atoms with Gasteiger partial charge in [-0.15, -0.1) is 0 Å². The van der Waals surface area contributed by atoms with E-state index in [0.29, 0.717) is 17.6 Å². The number of hydrogen-bond donors (Lipinski definition) is 0. The van der Waals surface area contributed by atoms with Crippen LogP contribution >= 0.6 is 0 Å². The molecule has 3 rings (SSSR count). The number of esters is 1. The summed E-state index contributed by atoms with van der Waals surface area (Å²) in [4.78, 5) is 23.4. The number of benzene rings is 1. The third kappa shape index (κ3) is 1.97. The summed E-state index contributed by atoms with van der Waals surface area (Å²) in [7, 11) is 0. The Balaban J connectivity index is 2.17. The van der Waals surface area contributed by atoms with Crippen molar-refractivity contribution in [1.29, 1.82) is 0 Å². The molecular weight excluding hydrogens is 248 g/mol. The van der Waals surface area contributed by atoms with Crippen LogP contribution in [0.3, 0.4) is 0 Å². The van der Waals surface area contributed by atoms with E-state index in [1.54, 1.807) is 13.0 Å². The minimum absolute atomic E-state index is 0.0757. The first-order valence-electron chi connectivity index (χ1n) is 6.09. The van der Waals surface area contributed by atoms with Crippen molar-refractivity contribution in [2.24, 2.45) is 0 Å². The first-order valence-corrected chi connectivity index (χ1v) is 6.09. The highest BCUT2D eigenvalue weighted by atomic mass is 16.5. The minimum Gasteiger partial charge on any atom is -0.493 e. The van der Waals surface area contributed by atoms with Crippen LogP contribution in [-0.4, -0.2) is 19.2 Å². The van der Waals surface area contributed by atoms with E-state index in [0.717, 1.165) is 17.7 Å². The smallest absolute Gasteiger partial charge is 0.351 e. The molecule has 0 N–H and O–H groups in total. The lowest BCUT2D eigenvalue weighted by atomic mass is 10.1. The molecule has 0 unspecified atom stereocenters. The molecule has 0 radical (unpaired) electrons. The van der Waals surface area contributed by atoms with Crippen LogP contribution in [0, 0.1) is 0 Å². The molecule has 2 heterocycles. The number of carbonyl (C=O) groups excluding carboxylic acids is 1. The highest BCUT2D eigenvalue weighted by Gasteiger charge is 2.18. The molecule has 0 bridgehead atoms. The highest BCUT2D eigenvalue weighted by molar-refractivity contribution is 5.93. The van der Waals surface area contributed by atoms with Gasteiger partial charge in [0.1, 0.15) is 16.9 Å². The lowest BCUT2D eigenvalue weighted by Gasteiger charge is -2.04. The van der Waals surface area contributed by atoms with Crippen molar-refractivity contribution in [2.75, 3.05) is 13.2 Å². The second kappa shape index (κ2) is 4.42. The van der Waals surface area contributed by atoms with Gasteiger partial charge >= 0.3 is 11.6 Å². The molecule has 1 aromatic heterocycles. The van der Waals surface area contributed by atoms with Crippen LogP contribution in [-0.2, 0) is 11.2 Å². The second-order valence-corrected chi connectivity index (χ2v) is 4.26. The maximum Gasteiger partial charge on any atom is 0.351 e. The Bertz CT molecular complexity index is 714. The van der Waals surface area contributed by atoms with E-state index in [-0.39, 0.29) is 12.2 Å². The number of hydrogen-bond acceptors (Lipinski definition) is 5. The average Bonchev–Trinajstić information content (AvgIpc) is 2.82. The lowest BCUT2D eigenvalue weighted by Crippen LogP contribution is -2.16. The van der Waals surface area contributed by atoms with E-state index < -0.39 is 11.6 Å². The van der Waals surface area contributed by atoms with Crippen LogP contribution in [0.2, 0.25) is 0 Å². The number of fused-ring (bicyclic) bond motifs is 2. The molecule has 0 spiro atoms. The van der Waals surface area contributed by atoms with Crippen molar-refractivity contribution >= 4 is 16.9 Å². The normalized spacial score (nSPS) is 13.1. The molecule has 5 heteroatoms. The Kier molecular flexibility index (Phi) is 2.74. The van der Waals surface area contributed by atoms with Crippen molar-refractivity contribution in [3.05, 3.63) is 39.7 Å². The Hall–Kier alpha value is -2.30. The molecular formula is C14H12O5. The molecule has 2 aromatic rings. The molecule has 0 aliphatic carbocycles.